The van der Waals surface area contributed by atoms with Gasteiger partial charge in [-0.2, -0.15) is 5.26 Å². The number of ether oxygens (including phenoxy) is 1. The molecule has 0 saturated carbocycles. The molecule has 0 fully saturated rings. The van der Waals surface area contributed by atoms with E-state index in [2.05, 4.69) is 0 Å². The Balaban J connectivity index is 2.67. The molecule has 0 aliphatic rings. The fourth-order valence-corrected chi connectivity index (χ4v) is 1.30. The number of nitrogens with zero attached hydrogens (tertiary/aromatic N) is 1. The van der Waals surface area contributed by atoms with E-state index in [9.17, 15) is 4.79 Å². The molecular formula is C13H15NO2. The van der Waals surface area contributed by atoms with Crippen LogP contribution in [-0.2, 0) is 16.0 Å². The maximum atomic E-state index is 11.5. The van der Waals surface area contributed by atoms with Crippen molar-refractivity contribution in [1.29, 1.82) is 5.26 Å². The topological polar surface area (TPSA) is 50.1 Å². The summed E-state index contributed by atoms with van der Waals surface area (Å²) in [7, 11) is 0. The lowest BCUT2D eigenvalue weighted by Gasteiger charge is -2.19. The Hall–Kier alpha value is -1.82. The quantitative estimate of drug-likeness (QED) is 0.715. The summed E-state index contributed by atoms with van der Waals surface area (Å²) in [5, 5.41) is 8.72. The predicted molar refractivity (Wildman–Crippen MR) is 60.7 cm³/mol. The van der Waals surface area contributed by atoms with Crippen molar-refractivity contribution < 1.29 is 9.53 Å². The number of hydrogen-bond donors (Lipinski definition) is 0. The number of carbonyl (C=O) groups is 1. The maximum absolute atomic E-state index is 11.5. The van der Waals surface area contributed by atoms with Gasteiger partial charge in [-0.1, -0.05) is 12.1 Å². The van der Waals surface area contributed by atoms with Crippen LogP contribution in [0.5, 0.6) is 0 Å². The Bertz CT molecular complexity index is 424. The normalized spacial score (nSPS) is 10.6. The van der Waals surface area contributed by atoms with Gasteiger partial charge in [-0.05, 0) is 38.5 Å². The molecule has 0 aliphatic carbocycles. The fraction of sp³-hybridized carbons (Fsp3) is 0.385. The van der Waals surface area contributed by atoms with Gasteiger partial charge in [0.15, 0.2) is 0 Å². The SMILES string of the molecule is CC(C)(C)OC(=O)Cc1cccc(C#N)c1. The van der Waals surface area contributed by atoms with Gasteiger partial charge in [0.25, 0.3) is 0 Å². The zero-order valence-electron chi connectivity index (χ0n) is 9.78. The summed E-state index contributed by atoms with van der Waals surface area (Å²) in [5.41, 5.74) is 0.888. The van der Waals surface area contributed by atoms with Gasteiger partial charge in [0, 0.05) is 0 Å². The third-order valence-electron chi connectivity index (χ3n) is 1.82. The molecule has 0 amide bonds. The van der Waals surface area contributed by atoms with E-state index in [-0.39, 0.29) is 12.4 Å². The average Bonchev–Trinajstić information content (AvgIpc) is 2.15. The smallest absolute Gasteiger partial charge is 0.310 e. The molecule has 0 spiro atoms. The molecule has 1 aromatic carbocycles. The molecule has 3 heteroatoms. The molecule has 0 aromatic heterocycles. The summed E-state index contributed by atoms with van der Waals surface area (Å²) in [6, 6.07) is 9.01. The minimum atomic E-state index is -0.468. The first-order chi connectivity index (χ1) is 7.40. The molecule has 1 rings (SSSR count). The van der Waals surface area contributed by atoms with E-state index in [0.29, 0.717) is 5.56 Å². The lowest BCUT2D eigenvalue weighted by atomic mass is 10.1. The molecule has 1 aromatic rings. The number of rotatable bonds is 2. The molecule has 84 valence electrons. The van der Waals surface area contributed by atoms with Crippen molar-refractivity contribution in [2.45, 2.75) is 32.8 Å². The van der Waals surface area contributed by atoms with Crippen LogP contribution in [0, 0.1) is 11.3 Å². The Morgan fingerprint density at radius 2 is 2.12 bits per heavy atom. The van der Waals surface area contributed by atoms with Gasteiger partial charge in [-0.15, -0.1) is 0 Å². The van der Waals surface area contributed by atoms with E-state index in [1.165, 1.54) is 0 Å². The highest BCUT2D eigenvalue weighted by atomic mass is 16.6. The summed E-state index contributed by atoms with van der Waals surface area (Å²) in [6.07, 6.45) is 0.201. The van der Waals surface area contributed by atoms with Crippen molar-refractivity contribution in [1.82, 2.24) is 0 Å². The molecule has 0 bridgehead atoms. The Morgan fingerprint density at radius 1 is 1.44 bits per heavy atom. The summed E-state index contributed by atoms with van der Waals surface area (Å²) in [5.74, 6) is -0.275. The number of hydrogen-bond acceptors (Lipinski definition) is 3. The average molecular weight is 217 g/mol. The molecule has 0 heterocycles. The van der Waals surface area contributed by atoms with Gasteiger partial charge in [0.2, 0.25) is 0 Å². The number of nitriles is 1. The van der Waals surface area contributed by atoms with E-state index in [1.807, 2.05) is 32.9 Å². The molecule has 0 radical (unpaired) electrons. The maximum Gasteiger partial charge on any atom is 0.310 e. The van der Waals surface area contributed by atoms with Crippen molar-refractivity contribution in [3.63, 3.8) is 0 Å². The van der Waals surface area contributed by atoms with Crippen LogP contribution < -0.4 is 0 Å². The van der Waals surface area contributed by atoms with Crippen molar-refractivity contribution in [3.05, 3.63) is 35.4 Å². The fourth-order valence-electron chi connectivity index (χ4n) is 1.30. The molecule has 0 saturated heterocycles. The van der Waals surface area contributed by atoms with Crippen LogP contribution in [0.15, 0.2) is 24.3 Å². The molecule has 16 heavy (non-hydrogen) atoms. The van der Waals surface area contributed by atoms with Gasteiger partial charge in [-0.3, -0.25) is 4.79 Å². The van der Waals surface area contributed by atoms with E-state index < -0.39 is 5.60 Å². The molecule has 0 aliphatic heterocycles. The van der Waals surface area contributed by atoms with Gasteiger partial charge in [-0.25, -0.2) is 0 Å². The van der Waals surface area contributed by atoms with Gasteiger partial charge >= 0.3 is 5.97 Å². The summed E-state index contributed by atoms with van der Waals surface area (Å²) < 4.78 is 5.19. The zero-order chi connectivity index (χ0) is 12.2. The third-order valence-corrected chi connectivity index (χ3v) is 1.82. The van der Waals surface area contributed by atoms with Crippen LogP contribution in [0.4, 0.5) is 0 Å². The minimum absolute atomic E-state index is 0.201. The van der Waals surface area contributed by atoms with Gasteiger partial charge < -0.3 is 4.74 Å². The predicted octanol–water partition coefficient (Wildman–Crippen LogP) is 2.44. The number of carbonyl (C=O) groups excluding carboxylic acids is 1. The van der Waals surface area contributed by atoms with Crippen molar-refractivity contribution >= 4 is 5.97 Å². The van der Waals surface area contributed by atoms with Gasteiger partial charge in [0.05, 0.1) is 18.1 Å². The van der Waals surface area contributed by atoms with E-state index >= 15 is 0 Å². The van der Waals surface area contributed by atoms with Crippen molar-refractivity contribution in [2.24, 2.45) is 0 Å². The van der Waals surface area contributed by atoms with Crippen LogP contribution in [-0.4, -0.2) is 11.6 Å². The van der Waals surface area contributed by atoms with Crippen LogP contribution >= 0.6 is 0 Å². The van der Waals surface area contributed by atoms with Gasteiger partial charge in [0.1, 0.15) is 5.60 Å². The van der Waals surface area contributed by atoms with Crippen molar-refractivity contribution in [2.75, 3.05) is 0 Å². The first-order valence-corrected chi connectivity index (χ1v) is 5.11. The molecule has 0 N–H and O–H groups in total. The molecule has 0 unspecified atom stereocenters. The third kappa shape index (κ3) is 4.14. The monoisotopic (exact) mass is 217 g/mol. The number of esters is 1. The lowest BCUT2D eigenvalue weighted by Crippen LogP contribution is -2.24. The van der Waals surface area contributed by atoms with Crippen LogP contribution in [0.2, 0.25) is 0 Å². The van der Waals surface area contributed by atoms with E-state index in [1.54, 1.807) is 18.2 Å². The Kier molecular flexibility index (Phi) is 3.68. The second kappa shape index (κ2) is 4.80. The van der Waals surface area contributed by atoms with Crippen LogP contribution in [0.1, 0.15) is 31.9 Å². The molecule has 3 nitrogen and oxygen atoms in total. The van der Waals surface area contributed by atoms with Crippen molar-refractivity contribution in [3.8, 4) is 6.07 Å². The summed E-state index contributed by atoms with van der Waals surface area (Å²) in [6.45, 7) is 5.49. The second-order valence-electron chi connectivity index (χ2n) is 4.58. The largest absolute Gasteiger partial charge is 0.460 e. The Labute approximate surface area is 95.7 Å². The highest BCUT2D eigenvalue weighted by molar-refractivity contribution is 5.73. The summed E-state index contributed by atoms with van der Waals surface area (Å²) in [4.78, 5) is 11.5. The molecule has 0 atom stereocenters. The molecular weight excluding hydrogens is 202 g/mol. The zero-order valence-corrected chi connectivity index (χ0v) is 9.78. The highest BCUT2D eigenvalue weighted by Gasteiger charge is 2.16. The highest BCUT2D eigenvalue weighted by Crippen LogP contribution is 2.11. The minimum Gasteiger partial charge on any atom is -0.460 e. The summed E-state index contributed by atoms with van der Waals surface area (Å²) >= 11 is 0. The van der Waals surface area contributed by atoms with Crippen LogP contribution in [0.3, 0.4) is 0 Å². The van der Waals surface area contributed by atoms with E-state index in [4.69, 9.17) is 10.00 Å². The van der Waals surface area contributed by atoms with E-state index in [0.717, 1.165) is 5.56 Å². The second-order valence-corrected chi connectivity index (χ2v) is 4.58. The number of benzene rings is 1. The first-order valence-electron chi connectivity index (χ1n) is 5.11. The Morgan fingerprint density at radius 3 is 2.69 bits per heavy atom. The standard InChI is InChI=1S/C13H15NO2/c1-13(2,3)16-12(15)8-10-5-4-6-11(7-10)9-14/h4-7H,8H2,1-3H3. The first kappa shape index (κ1) is 12.3. The van der Waals surface area contributed by atoms with Crippen LogP contribution in [0.25, 0.3) is 0 Å². The lowest BCUT2D eigenvalue weighted by molar-refractivity contribution is -0.153.